The van der Waals surface area contributed by atoms with E-state index in [0.717, 1.165) is 27.8 Å². The molecule has 2 aromatic carbocycles. The van der Waals surface area contributed by atoms with E-state index in [9.17, 15) is 4.79 Å². The Kier molecular flexibility index (Phi) is 2.79. The fraction of sp³-hybridized carbons (Fsp3) is 0.118. The maximum atomic E-state index is 12.0. The van der Waals surface area contributed by atoms with Gasteiger partial charge in [0.25, 0.3) is 0 Å². The smallest absolute Gasteiger partial charge is 0.249 e. The molecule has 110 valence electrons. The van der Waals surface area contributed by atoms with Crippen molar-refractivity contribution in [1.82, 2.24) is 4.98 Å². The largest absolute Gasteiger partial charge is 0.497 e. The minimum Gasteiger partial charge on any atom is -0.497 e. The van der Waals surface area contributed by atoms with Crippen molar-refractivity contribution < 1.29 is 14.2 Å². The molecule has 0 saturated heterocycles. The molecule has 0 atom stereocenters. The van der Waals surface area contributed by atoms with Crippen LogP contribution in [0.1, 0.15) is 0 Å². The zero-order valence-electron chi connectivity index (χ0n) is 11.9. The molecule has 4 rings (SSSR count). The summed E-state index contributed by atoms with van der Waals surface area (Å²) >= 11 is 0. The van der Waals surface area contributed by atoms with Crippen molar-refractivity contribution in [3.05, 3.63) is 52.8 Å². The number of H-pyrrole nitrogens is 1. The van der Waals surface area contributed by atoms with Gasteiger partial charge >= 0.3 is 0 Å². The Labute approximate surface area is 126 Å². The van der Waals surface area contributed by atoms with Crippen molar-refractivity contribution >= 4 is 10.9 Å². The zero-order chi connectivity index (χ0) is 15.1. The van der Waals surface area contributed by atoms with E-state index in [4.69, 9.17) is 14.2 Å². The molecule has 0 fully saturated rings. The van der Waals surface area contributed by atoms with Crippen LogP contribution in [0.15, 0.2) is 47.3 Å². The predicted octanol–water partition coefficient (Wildman–Crippen LogP) is 2.93. The number of hydrogen-bond acceptors (Lipinski definition) is 4. The second kappa shape index (κ2) is 4.80. The number of fused-ring (bicyclic) bond motifs is 2. The number of aromatic amines is 1. The van der Waals surface area contributed by atoms with E-state index in [-0.39, 0.29) is 12.4 Å². The van der Waals surface area contributed by atoms with Gasteiger partial charge in [0.05, 0.1) is 12.6 Å². The highest BCUT2D eigenvalue weighted by molar-refractivity contribution is 5.96. The molecule has 1 aromatic heterocycles. The Bertz CT molecular complexity index is 930. The second-order valence-electron chi connectivity index (χ2n) is 5.03. The summed E-state index contributed by atoms with van der Waals surface area (Å²) < 4.78 is 16.1. The van der Waals surface area contributed by atoms with Gasteiger partial charge in [-0.2, -0.15) is 0 Å². The van der Waals surface area contributed by atoms with Gasteiger partial charge in [-0.1, -0.05) is 12.1 Å². The lowest BCUT2D eigenvalue weighted by Crippen LogP contribution is -2.04. The molecular weight excluding hydrogens is 282 g/mol. The van der Waals surface area contributed by atoms with Crippen LogP contribution < -0.4 is 19.8 Å². The molecule has 0 unspecified atom stereocenters. The fourth-order valence-corrected chi connectivity index (χ4v) is 2.68. The minimum atomic E-state index is -0.163. The first-order valence-electron chi connectivity index (χ1n) is 6.86. The van der Waals surface area contributed by atoms with Crippen molar-refractivity contribution in [2.24, 2.45) is 0 Å². The number of methoxy groups -OCH3 is 1. The number of benzene rings is 2. The molecule has 1 aliphatic heterocycles. The quantitative estimate of drug-likeness (QED) is 0.789. The zero-order valence-corrected chi connectivity index (χ0v) is 11.9. The van der Waals surface area contributed by atoms with Crippen LogP contribution in [-0.4, -0.2) is 18.9 Å². The highest BCUT2D eigenvalue weighted by Crippen LogP contribution is 2.38. The molecule has 3 aromatic rings. The molecular formula is C17H13NO4. The van der Waals surface area contributed by atoms with Gasteiger partial charge in [0.15, 0.2) is 11.5 Å². The Morgan fingerprint density at radius 3 is 2.73 bits per heavy atom. The van der Waals surface area contributed by atoms with Crippen LogP contribution in [-0.2, 0) is 0 Å². The van der Waals surface area contributed by atoms with E-state index in [0.29, 0.717) is 11.5 Å². The molecule has 0 amide bonds. The maximum Gasteiger partial charge on any atom is 0.249 e. The molecule has 5 heteroatoms. The lowest BCUT2D eigenvalue weighted by Gasteiger charge is -2.09. The van der Waals surface area contributed by atoms with Gasteiger partial charge in [-0.05, 0) is 29.3 Å². The SMILES string of the molecule is COc1cccc(-c2cc(=O)[nH]c3cc4c(cc23)OCO4)c1. The third-order valence-electron chi connectivity index (χ3n) is 3.72. The summed E-state index contributed by atoms with van der Waals surface area (Å²) in [6.07, 6.45) is 0. The standard InChI is InChI=1S/C17H13NO4/c1-20-11-4-2-3-10(5-11)12-7-17(19)18-14-8-16-15(6-13(12)14)21-9-22-16/h2-8H,9H2,1H3,(H,18,19). The Balaban J connectivity index is 2.02. The highest BCUT2D eigenvalue weighted by Gasteiger charge is 2.17. The highest BCUT2D eigenvalue weighted by atomic mass is 16.7. The topological polar surface area (TPSA) is 60.6 Å². The van der Waals surface area contributed by atoms with Crippen LogP contribution in [0.3, 0.4) is 0 Å². The molecule has 0 spiro atoms. The summed E-state index contributed by atoms with van der Waals surface area (Å²) in [4.78, 5) is 14.8. The normalized spacial score (nSPS) is 12.6. The van der Waals surface area contributed by atoms with Gasteiger partial charge in [0.2, 0.25) is 12.4 Å². The second-order valence-corrected chi connectivity index (χ2v) is 5.03. The van der Waals surface area contributed by atoms with Gasteiger partial charge in [-0.15, -0.1) is 0 Å². The van der Waals surface area contributed by atoms with Crippen LogP contribution in [0.5, 0.6) is 17.2 Å². The molecule has 5 nitrogen and oxygen atoms in total. The first kappa shape index (κ1) is 12.8. The van der Waals surface area contributed by atoms with Crippen LogP contribution >= 0.6 is 0 Å². The lowest BCUT2D eigenvalue weighted by molar-refractivity contribution is 0.174. The molecule has 0 saturated carbocycles. The molecule has 2 heterocycles. The monoisotopic (exact) mass is 295 g/mol. The van der Waals surface area contributed by atoms with Crippen molar-refractivity contribution in [3.63, 3.8) is 0 Å². The van der Waals surface area contributed by atoms with E-state index in [1.165, 1.54) is 0 Å². The number of nitrogens with one attached hydrogen (secondary N) is 1. The average Bonchev–Trinajstić information content (AvgIpc) is 2.99. The van der Waals surface area contributed by atoms with E-state index in [1.807, 2.05) is 30.3 Å². The van der Waals surface area contributed by atoms with E-state index >= 15 is 0 Å². The minimum absolute atomic E-state index is 0.163. The molecule has 1 N–H and O–H groups in total. The first-order valence-corrected chi connectivity index (χ1v) is 6.86. The van der Waals surface area contributed by atoms with E-state index < -0.39 is 0 Å². The van der Waals surface area contributed by atoms with Crippen molar-refractivity contribution in [2.45, 2.75) is 0 Å². The van der Waals surface area contributed by atoms with Crippen LogP contribution in [0, 0.1) is 0 Å². The predicted molar refractivity (Wildman–Crippen MR) is 82.7 cm³/mol. The van der Waals surface area contributed by atoms with Crippen molar-refractivity contribution in [3.8, 4) is 28.4 Å². The summed E-state index contributed by atoms with van der Waals surface area (Å²) in [5.74, 6) is 2.07. The van der Waals surface area contributed by atoms with Gasteiger partial charge < -0.3 is 19.2 Å². The van der Waals surface area contributed by atoms with Crippen molar-refractivity contribution in [1.29, 1.82) is 0 Å². The van der Waals surface area contributed by atoms with Gasteiger partial charge in [-0.25, -0.2) is 0 Å². The van der Waals surface area contributed by atoms with E-state index in [2.05, 4.69) is 4.98 Å². The molecule has 0 bridgehead atoms. The van der Waals surface area contributed by atoms with Crippen LogP contribution in [0.4, 0.5) is 0 Å². The van der Waals surface area contributed by atoms with Gasteiger partial charge in [0.1, 0.15) is 5.75 Å². The van der Waals surface area contributed by atoms with Crippen molar-refractivity contribution in [2.75, 3.05) is 13.9 Å². The third-order valence-corrected chi connectivity index (χ3v) is 3.72. The summed E-state index contributed by atoms with van der Waals surface area (Å²) in [7, 11) is 1.62. The molecule has 0 aliphatic carbocycles. The number of rotatable bonds is 2. The van der Waals surface area contributed by atoms with Gasteiger partial charge in [-0.3, -0.25) is 4.79 Å². The first-order chi connectivity index (χ1) is 10.7. The fourth-order valence-electron chi connectivity index (χ4n) is 2.68. The Morgan fingerprint density at radius 1 is 1.09 bits per heavy atom. The van der Waals surface area contributed by atoms with Crippen LogP contribution in [0.25, 0.3) is 22.0 Å². The summed E-state index contributed by atoms with van der Waals surface area (Å²) in [6, 6.07) is 12.9. The lowest BCUT2D eigenvalue weighted by atomic mass is 10.0. The van der Waals surface area contributed by atoms with Crippen LogP contribution in [0.2, 0.25) is 0 Å². The Hall–Kier alpha value is -2.95. The summed E-state index contributed by atoms with van der Waals surface area (Å²) in [5, 5.41) is 0.900. The Morgan fingerprint density at radius 2 is 1.91 bits per heavy atom. The third kappa shape index (κ3) is 1.98. The summed E-state index contributed by atoms with van der Waals surface area (Å²) in [5.41, 5.74) is 2.30. The number of ether oxygens (including phenoxy) is 3. The number of pyridine rings is 1. The van der Waals surface area contributed by atoms with Gasteiger partial charge in [0, 0.05) is 17.5 Å². The van der Waals surface area contributed by atoms with E-state index in [1.54, 1.807) is 19.2 Å². The number of hydrogen-bond donors (Lipinski definition) is 1. The molecule has 1 aliphatic rings. The number of aromatic nitrogens is 1. The average molecular weight is 295 g/mol. The molecule has 22 heavy (non-hydrogen) atoms. The maximum absolute atomic E-state index is 12.0. The molecule has 0 radical (unpaired) electrons. The summed E-state index contributed by atoms with van der Waals surface area (Å²) in [6.45, 7) is 0.199.